The average molecular weight is 418 g/mol. The molecule has 0 radical (unpaired) electrons. The summed E-state index contributed by atoms with van der Waals surface area (Å²) >= 11 is 0. The first kappa shape index (κ1) is 20.2. The molecule has 1 N–H and O–H groups in total. The fourth-order valence-corrected chi connectivity index (χ4v) is 4.26. The molecule has 0 saturated carbocycles. The van der Waals surface area contributed by atoms with Crippen LogP contribution in [0, 0.1) is 0 Å². The number of anilines is 1. The van der Waals surface area contributed by atoms with Gasteiger partial charge in [0, 0.05) is 13.1 Å². The molecule has 0 bridgehead atoms. The Hall–Kier alpha value is -2.53. The van der Waals surface area contributed by atoms with Gasteiger partial charge in [0.05, 0.1) is 22.4 Å². The first-order valence-corrected chi connectivity index (χ1v) is 9.78. The van der Waals surface area contributed by atoms with Crippen molar-refractivity contribution in [2.75, 3.05) is 25.0 Å². The van der Waals surface area contributed by atoms with Gasteiger partial charge >= 0.3 is 6.18 Å². The molecule has 11 heteroatoms. The molecule has 3 rings (SSSR count). The van der Waals surface area contributed by atoms with E-state index in [9.17, 15) is 26.4 Å². The second-order valence-corrected chi connectivity index (χ2v) is 8.08. The summed E-state index contributed by atoms with van der Waals surface area (Å²) in [6.45, 7) is -0.851. The summed E-state index contributed by atoms with van der Waals surface area (Å²) in [5.41, 5.74) is -0.0645. The van der Waals surface area contributed by atoms with E-state index in [0.717, 1.165) is 37.3 Å². The third kappa shape index (κ3) is 4.65. The first-order valence-electron chi connectivity index (χ1n) is 8.34. The van der Waals surface area contributed by atoms with Crippen molar-refractivity contribution in [2.45, 2.75) is 23.9 Å². The van der Waals surface area contributed by atoms with Crippen LogP contribution in [-0.4, -0.2) is 44.5 Å². The van der Waals surface area contributed by atoms with Crippen LogP contribution < -0.4 is 10.1 Å². The minimum atomic E-state index is -4.59. The van der Waals surface area contributed by atoms with Crippen LogP contribution in [-0.2, 0) is 10.0 Å². The third-order valence-corrected chi connectivity index (χ3v) is 5.97. The van der Waals surface area contributed by atoms with Gasteiger partial charge in [0.25, 0.3) is 5.91 Å². The predicted octanol–water partition coefficient (Wildman–Crippen LogP) is 3.26. The Bertz CT molecular complexity index is 936. The van der Waals surface area contributed by atoms with Crippen LogP contribution in [0.4, 0.5) is 18.9 Å². The monoisotopic (exact) mass is 418 g/mol. The van der Waals surface area contributed by atoms with Crippen molar-refractivity contribution in [2.24, 2.45) is 0 Å². The number of halogens is 3. The highest BCUT2D eigenvalue weighted by molar-refractivity contribution is 7.89. The van der Waals surface area contributed by atoms with Crippen molar-refractivity contribution >= 4 is 21.6 Å². The third-order valence-electron chi connectivity index (χ3n) is 4.08. The highest BCUT2D eigenvalue weighted by Crippen LogP contribution is 2.32. The van der Waals surface area contributed by atoms with Gasteiger partial charge in [-0.15, -0.1) is 0 Å². The molecule has 0 atom stereocenters. The zero-order valence-electron chi connectivity index (χ0n) is 14.5. The molecule has 0 aliphatic carbocycles. The van der Waals surface area contributed by atoms with Crippen LogP contribution in [0.15, 0.2) is 46.1 Å². The second-order valence-electron chi connectivity index (χ2n) is 6.14. The number of rotatable bonds is 6. The molecule has 7 nitrogen and oxygen atoms in total. The van der Waals surface area contributed by atoms with Crippen LogP contribution >= 0.6 is 0 Å². The number of alkyl halides is 3. The van der Waals surface area contributed by atoms with Crippen molar-refractivity contribution in [1.29, 1.82) is 0 Å². The lowest BCUT2D eigenvalue weighted by Crippen LogP contribution is -2.28. The normalized spacial score (nSPS) is 15.5. The smallest absolute Gasteiger partial charge is 0.422 e. The van der Waals surface area contributed by atoms with E-state index >= 15 is 0 Å². The quantitative estimate of drug-likeness (QED) is 0.778. The van der Waals surface area contributed by atoms with Gasteiger partial charge in [-0.05, 0) is 37.1 Å². The van der Waals surface area contributed by atoms with Gasteiger partial charge in [0.2, 0.25) is 10.0 Å². The molecule has 152 valence electrons. The Labute approximate surface area is 159 Å². The minimum absolute atomic E-state index is 0.120. The molecule has 1 saturated heterocycles. The highest BCUT2D eigenvalue weighted by Gasteiger charge is 2.31. The highest BCUT2D eigenvalue weighted by atomic mass is 32.2. The Morgan fingerprint density at radius 1 is 1.21 bits per heavy atom. The Morgan fingerprint density at radius 2 is 1.93 bits per heavy atom. The summed E-state index contributed by atoms with van der Waals surface area (Å²) in [4.78, 5) is 12.1. The van der Waals surface area contributed by atoms with Crippen LogP contribution in [0.2, 0.25) is 0 Å². The predicted molar refractivity (Wildman–Crippen MR) is 92.6 cm³/mol. The van der Waals surface area contributed by atoms with Gasteiger partial charge in [-0.3, -0.25) is 4.79 Å². The van der Waals surface area contributed by atoms with Crippen molar-refractivity contribution < 1.29 is 35.5 Å². The molecular formula is C17H17F3N2O5S. The molecular weight excluding hydrogens is 401 g/mol. The number of carbonyl (C=O) groups is 1. The molecule has 1 aromatic heterocycles. The number of hydrogen-bond donors (Lipinski definition) is 1. The van der Waals surface area contributed by atoms with E-state index in [4.69, 9.17) is 9.15 Å². The summed E-state index contributed by atoms with van der Waals surface area (Å²) in [6, 6.07) is 4.71. The van der Waals surface area contributed by atoms with Crippen molar-refractivity contribution in [1.82, 2.24) is 4.31 Å². The van der Waals surface area contributed by atoms with Crippen LogP contribution in [0.25, 0.3) is 0 Å². The molecule has 1 aromatic carbocycles. The molecule has 1 aliphatic rings. The van der Waals surface area contributed by atoms with Gasteiger partial charge < -0.3 is 14.5 Å². The zero-order valence-corrected chi connectivity index (χ0v) is 15.3. The second kappa shape index (κ2) is 7.84. The maximum absolute atomic E-state index is 12.7. The van der Waals surface area contributed by atoms with E-state index in [1.807, 2.05) is 0 Å². The summed E-state index contributed by atoms with van der Waals surface area (Å²) in [6.07, 6.45) is -0.723. The number of nitrogens with zero attached hydrogens (tertiary/aromatic N) is 1. The Morgan fingerprint density at radius 3 is 2.54 bits per heavy atom. The van der Waals surface area contributed by atoms with E-state index in [-0.39, 0.29) is 21.9 Å². The Balaban J connectivity index is 1.92. The molecule has 2 heterocycles. The van der Waals surface area contributed by atoms with Crippen molar-refractivity contribution in [3.8, 4) is 5.75 Å². The van der Waals surface area contributed by atoms with Gasteiger partial charge in [-0.2, -0.15) is 17.5 Å². The lowest BCUT2D eigenvalue weighted by atomic mass is 10.2. The summed E-state index contributed by atoms with van der Waals surface area (Å²) in [7, 11) is -3.83. The number of sulfonamides is 1. The minimum Gasteiger partial charge on any atom is -0.482 e. The Kier molecular flexibility index (Phi) is 5.66. The zero-order chi connectivity index (χ0) is 20.4. The van der Waals surface area contributed by atoms with E-state index < -0.39 is 28.7 Å². The topological polar surface area (TPSA) is 88.9 Å². The molecule has 0 unspecified atom stereocenters. The SMILES string of the molecule is O=C(Nc1cc(S(=O)(=O)N2CCCC2)ccc1OCC(F)(F)F)c1ccoc1. The van der Waals surface area contributed by atoms with E-state index in [1.165, 1.54) is 16.6 Å². The first-order chi connectivity index (χ1) is 13.2. The van der Waals surface area contributed by atoms with Gasteiger partial charge in [0.1, 0.15) is 12.0 Å². The van der Waals surface area contributed by atoms with E-state index in [2.05, 4.69) is 5.32 Å². The van der Waals surface area contributed by atoms with Crippen molar-refractivity contribution in [3.05, 3.63) is 42.4 Å². The molecule has 1 aliphatic heterocycles. The molecule has 28 heavy (non-hydrogen) atoms. The fraction of sp³-hybridized carbons (Fsp3) is 0.353. The number of furan rings is 1. The molecule has 2 aromatic rings. The maximum atomic E-state index is 12.7. The fourth-order valence-electron chi connectivity index (χ4n) is 2.72. The summed E-state index contributed by atoms with van der Waals surface area (Å²) in [5, 5.41) is 2.38. The van der Waals surface area contributed by atoms with Gasteiger partial charge in [-0.25, -0.2) is 8.42 Å². The lowest BCUT2D eigenvalue weighted by Gasteiger charge is -2.18. The molecule has 1 fully saturated rings. The largest absolute Gasteiger partial charge is 0.482 e. The number of nitrogens with one attached hydrogen (secondary N) is 1. The number of carbonyl (C=O) groups excluding carboxylic acids is 1. The number of benzene rings is 1. The molecule has 0 spiro atoms. The van der Waals surface area contributed by atoms with Gasteiger partial charge in [-0.1, -0.05) is 0 Å². The van der Waals surface area contributed by atoms with Crippen LogP contribution in [0.1, 0.15) is 23.2 Å². The lowest BCUT2D eigenvalue weighted by molar-refractivity contribution is -0.153. The van der Waals surface area contributed by atoms with E-state index in [0.29, 0.717) is 13.1 Å². The number of hydrogen-bond acceptors (Lipinski definition) is 5. The van der Waals surface area contributed by atoms with Crippen LogP contribution in [0.3, 0.4) is 0 Å². The average Bonchev–Trinajstić information content (AvgIpc) is 3.33. The molecule has 1 amide bonds. The standard InChI is InChI=1S/C17H17F3N2O5S/c18-17(19,20)11-27-15-4-3-13(28(24,25)22-6-1-2-7-22)9-14(15)21-16(23)12-5-8-26-10-12/h3-5,8-10H,1-2,6-7,11H2,(H,21,23). The summed E-state index contributed by atoms with van der Waals surface area (Å²) < 4.78 is 73.8. The maximum Gasteiger partial charge on any atom is 0.422 e. The number of amides is 1. The van der Waals surface area contributed by atoms with Crippen molar-refractivity contribution in [3.63, 3.8) is 0 Å². The van der Waals surface area contributed by atoms with Gasteiger partial charge in [0.15, 0.2) is 6.61 Å². The van der Waals surface area contributed by atoms with Crippen LogP contribution in [0.5, 0.6) is 5.75 Å². The van der Waals surface area contributed by atoms with E-state index in [1.54, 1.807) is 0 Å². The summed E-state index contributed by atoms with van der Waals surface area (Å²) in [5.74, 6) is -0.976. The number of ether oxygens (including phenoxy) is 1.